The van der Waals surface area contributed by atoms with E-state index in [2.05, 4.69) is 72.5 Å². The highest BCUT2D eigenvalue weighted by molar-refractivity contribution is 5.16. The number of benzene rings is 2. The maximum absolute atomic E-state index is 2.61. The lowest BCUT2D eigenvalue weighted by Crippen LogP contribution is -2.39. The lowest BCUT2D eigenvalue weighted by Gasteiger charge is -2.37. The second-order valence-corrected chi connectivity index (χ2v) is 6.44. The molecule has 21 heavy (non-hydrogen) atoms. The van der Waals surface area contributed by atoms with Crippen LogP contribution in [-0.2, 0) is 13.0 Å². The van der Waals surface area contributed by atoms with Crippen LogP contribution in [0, 0.1) is 11.8 Å². The Morgan fingerprint density at radius 3 is 2.14 bits per heavy atom. The summed E-state index contributed by atoms with van der Waals surface area (Å²) in [7, 11) is 0. The van der Waals surface area contributed by atoms with E-state index in [1.54, 1.807) is 0 Å². The number of piperidine rings is 1. The SMILES string of the molecule is C[C@@H]1CN(Cc2ccccc2)CC[C@@H]1Cc1ccccc1. The van der Waals surface area contributed by atoms with E-state index in [4.69, 9.17) is 0 Å². The van der Waals surface area contributed by atoms with Gasteiger partial charge in [0.05, 0.1) is 0 Å². The summed E-state index contributed by atoms with van der Waals surface area (Å²) in [6.07, 6.45) is 2.56. The molecule has 1 aliphatic rings. The number of nitrogens with zero attached hydrogens (tertiary/aromatic N) is 1. The Bertz CT molecular complexity index is 534. The van der Waals surface area contributed by atoms with E-state index < -0.39 is 0 Å². The van der Waals surface area contributed by atoms with E-state index >= 15 is 0 Å². The Labute approximate surface area is 128 Å². The van der Waals surface area contributed by atoms with Gasteiger partial charge < -0.3 is 0 Å². The van der Waals surface area contributed by atoms with Crippen molar-refractivity contribution in [3.8, 4) is 0 Å². The molecule has 0 aliphatic carbocycles. The molecule has 2 aromatic carbocycles. The standard InChI is InChI=1S/C20H25N/c1-17-15-21(16-19-10-6-3-7-11-19)13-12-20(17)14-18-8-4-2-5-9-18/h2-11,17,20H,12-16H2,1H3/t17-,20-/m1/s1. The highest BCUT2D eigenvalue weighted by Crippen LogP contribution is 2.27. The van der Waals surface area contributed by atoms with Crippen molar-refractivity contribution in [3.05, 3.63) is 71.8 Å². The summed E-state index contributed by atoms with van der Waals surface area (Å²) in [5.41, 5.74) is 2.93. The number of hydrogen-bond donors (Lipinski definition) is 0. The summed E-state index contributed by atoms with van der Waals surface area (Å²) in [5.74, 6) is 1.61. The second-order valence-electron chi connectivity index (χ2n) is 6.44. The fraction of sp³-hybridized carbons (Fsp3) is 0.400. The van der Waals surface area contributed by atoms with Crippen LogP contribution >= 0.6 is 0 Å². The fourth-order valence-corrected chi connectivity index (χ4v) is 3.49. The average molecular weight is 279 g/mol. The van der Waals surface area contributed by atoms with Crippen LogP contribution in [0.4, 0.5) is 0 Å². The molecular formula is C20H25N. The molecule has 0 bridgehead atoms. The van der Waals surface area contributed by atoms with Crippen LogP contribution < -0.4 is 0 Å². The zero-order chi connectivity index (χ0) is 14.5. The first kappa shape index (κ1) is 14.3. The minimum Gasteiger partial charge on any atom is -0.299 e. The molecule has 3 rings (SSSR count). The summed E-state index contributed by atoms with van der Waals surface area (Å²) in [5, 5.41) is 0. The average Bonchev–Trinajstić information content (AvgIpc) is 2.52. The zero-order valence-corrected chi connectivity index (χ0v) is 12.9. The van der Waals surface area contributed by atoms with Crippen molar-refractivity contribution in [2.75, 3.05) is 13.1 Å². The predicted molar refractivity (Wildman–Crippen MR) is 89.1 cm³/mol. The Morgan fingerprint density at radius 2 is 1.52 bits per heavy atom. The van der Waals surface area contributed by atoms with Crippen LogP contribution in [0.3, 0.4) is 0 Å². The largest absolute Gasteiger partial charge is 0.299 e. The van der Waals surface area contributed by atoms with Crippen molar-refractivity contribution >= 4 is 0 Å². The second kappa shape index (κ2) is 6.91. The molecule has 1 heterocycles. The molecular weight excluding hydrogens is 254 g/mol. The van der Waals surface area contributed by atoms with Crippen molar-refractivity contribution < 1.29 is 0 Å². The van der Waals surface area contributed by atoms with E-state index in [0.717, 1.165) is 18.4 Å². The molecule has 1 heteroatoms. The van der Waals surface area contributed by atoms with Crippen LogP contribution in [0.2, 0.25) is 0 Å². The summed E-state index contributed by atoms with van der Waals surface area (Å²) < 4.78 is 0. The monoisotopic (exact) mass is 279 g/mol. The predicted octanol–water partition coefficient (Wildman–Crippen LogP) is 4.39. The molecule has 0 radical (unpaired) electrons. The fourth-order valence-electron chi connectivity index (χ4n) is 3.49. The molecule has 1 aliphatic heterocycles. The molecule has 1 fully saturated rings. The maximum atomic E-state index is 2.61. The van der Waals surface area contributed by atoms with Gasteiger partial charge >= 0.3 is 0 Å². The summed E-state index contributed by atoms with van der Waals surface area (Å²) >= 11 is 0. The first-order valence-corrected chi connectivity index (χ1v) is 8.11. The van der Waals surface area contributed by atoms with Gasteiger partial charge in [-0.05, 0) is 42.3 Å². The molecule has 0 amide bonds. The lowest BCUT2D eigenvalue weighted by atomic mass is 9.82. The van der Waals surface area contributed by atoms with E-state index in [9.17, 15) is 0 Å². The number of likely N-dealkylation sites (tertiary alicyclic amines) is 1. The van der Waals surface area contributed by atoms with Gasteiger partial charge in [0.1, 0.15) is 0 Å². The molecule has 1 nitrogen and oxygen atoms in total. The molecule has 0 spiro atoms. The van der Waals surface area contributed by atoms with E-state index in [-0.39, 0.29) is 0 Å². The van der Waals surface area contributed by atoms with E-state index in [1.807, 2.05) is 0 Å². The van der Waals surface area contributed by atoms with Gasteiger partial charge in [0, 0.05) is 13.1 Å². The first-order valence-electron chi connectivity index (χ1n) is 8.11. The molecule has 2 aromatic rings. The van der Waals surface area contributed by atoms with Crippen molar-refractivity contribution in [2.24, 2.45) is 11.8 Å². The molecule has 1 saturated heterocycles. The zero-order valence-electron chi connectivity index (χ0n) is 12.9. The quantitative estimate of drug-likeness (QED) is 0.802. The topological polar surface area (TPSA) is 3.24 Å². The van der Waals surface area contributed by atoms with Gasteiger partial charge in [-0.25, -0.2) is 0 Å². The highest BCUT2D eigenvalue weighted by atomic mass is 15.1. The van der Waals surface area contributed by atoms with E-state index in [1.165, 1.54) is 37.1 Å². The van der Waals surface area contributed by atoms with Crippen LogP contribution in [0.1, 0.15) is 24.5 Å². The van der Waals surface area contributed by atoms with Crippen molar-refractivity contribution in [3.63, 3.8) is 0 Å². The number of hydrogen-bond acceptors (Lipinski definition) is 1. The summed E-state index contributed by atoms with van der Waals surface area (Å²) in [4.78, 5) is 2.61. The Balaban J connectivity index is 1.54. The summed E-state index contributed by atoms with van der Waals surface area (Å²) in [6.45, 7) is 5.98. The smallest absolute Gasteiger partial charge is 0.0233 e. The Hall–Kier alpha value is -1.60. The van der Waals surface area contributed by atoms with Crippen LogP contribution in [-0.4, -0.2) is 18.0 Å². The van der Waals surface area contributed by atoms with Crippen molar-refractivity contribution in [1.29, 1.82) is 0 Å². The summed E-state index contributed by atoms with van der Waals surface area (Å²) in [6, 6.07) is 21.8. The van der Waals surface area contributed by atoms with Crippen LogP contribution in [0.15, 0.2) is 60.7 Å². The highest BCUT2D eigenvalue weighted by Gasteiger charge is 2.25. The maximum Gasteiger partial charge on any atom is 0.0233 e. The molecule has 0 saturated carbocycles. The first-order chi connectivity index (χ1) is 10.3. The third-order valence-corrected chi connectivity index (χ3v) is 4.76. The minimum atomic E-state index is 0.780. The van der Waals surface area contributed by atoms with Gasteiger partial charge in [-0.1, -0.05) is 67.6 Å². The van der Waals surface area contributed by atoms with Crippen molar-refractivity contribution in [2.45, 2.75) is 26.3 Å². The number of rotatable bonds is 4. The van der Waals surface area contributed by atoms with Gasteiger partial charge in [0.2, 0.25) is 0 Å². The Kier molecular flexibility index (Phi) is 4.72. The molecule has 110 valence electrons. The van der Waals surface area contributed by atoms with Crippen LogP contribution in [0.25, 0.3) is 0 Å². The molecule has 0 unspecified atom stereocenters. The van der Waals surface area contributed by atoms with Gasteiger partial charge in [-0.15, -0.1) is 0 Å². The van der Waals surface area contributed by atoms with Gasteiger partial charge in [-0.3, -0.25) is 4.90 Å². The van der Waals surface area contributed by atoms with Gasteiger partial charge in [0.25, 0.3) is 0 Å². The Morgan fingerprint density at radius 1 is 0.905 bits per heavy atom. The van der Waals surface area contributed by atoms with Gasteiger partial charge in [-0.2, -0.15) is 0 Å². The van der Waals surface area contributed by atoms with E-state index in [0.29, 0.717) is 0 Å². The molecule has 0 N–H and O–H groups in total. The molecule has 0 aromatic heterocycles. The normalized spacial score (nSPS) is 23.1. The third kappa shape index (κ3) is 3.95. The lowest BCUT2D eigenvalue weighted by molar-refractivity contribution is 0.123. The minimum absolute atomic E-state index is 0.780. The van der Waals surface area contributed by atoms with Crippen molar-refractivity contribution in [1.82, 2.24) is 4.90 Å². The van der Waals surface area contributed by atoms with Gasteiger partial charge in [0.15, 0.2) is 0 Å². The molecule has 2 atom stereocenters. The third-order valence-electron chi connectivity index (χ3n) is 4.76. The van der Waals surface area contributed by atoms with Crippen LogP contribution in [0.5, 0.6) is 0 Å².